The highest BCUT2D eigenvalue weighted by Crippen LogP contribution is 2.17. The van der Waals surface area contributed by atoms with Crippen LogP contribution in [0, 0.1) is 0 Å². The van der Waals surface area contributed by atoms with Gasteiger partial charge in [-0.3, -0.25) is 4.99 Å². The van der Waals surface area contributed by atoms with E-state index in [-0.39, 0.29) is 24.0 Å². The number of benzene rings is 1. The van der Waals surface area contributed by atoms with Gasteiger partial charge in [0.2, 0.25) is 0 Å². The molecule has 1 fully saturated rings. The Morgan fingerprint density at radius 2 is 1.96 bits per heavy atom. The van der Waals surface area contributed by atoms with E-state index in [2.05, 4.69) is 22.5 Å². The van der Waals surface area contributed by atoms with Gasteiger partial charge in [0, 0.05) is 12.6 Å². The molecule has 1 aliphatic carbocycles. The highest BCUT2D eigenvalue weighted by molar-refractivity contribution is 14.0. The lowest BCUT2D eigenvalue weighted by molar-refractivity contribution is 0.0331. The van der Waals surface area contributed by atoms with Crippen molar-refractivity contribution in [3.05, 3.63) is 35.9 Å². The van der Waals surface area contributed by atoms with Gasteiger partial charge < -0.3 is 20.5 Å². The molecule has 1 aromatic carbocycles. The fourth-order valence-corrected chi connectivity index (χ4v) is 2.90. The van der Waals surface area contributed by atoms with Gasteiger partial charge in [-0.15, -0.1) is 24.0 Å². The Morgan fingerprint density at radius 3 is 2.64 bits per heavy atom. The van der Waals surface area contributed by atoms with E-state index in [9.17, 15) is 5.11 Å². The van der Waals surface area contributed by atoms with Crippen molar-refractivity contribution >= 4 is 29.9 Å². The van der Waals surface area contributed by atoms with E-state index >= 15 is 0 Å². The van der Waals surface area contributed by atoms with Crippen LogP contribution in [0.5, 0.6) is 0 Å². The van der Waals surface area contributed by atoms with E-state index < -0.39 is 6.10 Å². The summed E-state index contributed by atoms with van der Waals surface area (Å²) in [6.07, 6.45) is 5.72. The number of guanidine groups is 1. The van der Waals surface area contributed by atoms with Crippen LogP contribution < -0.4 is 10.6 Å². The summed E-state index contributed by atoms with van der Waals surface area (Å²) in [5.41, 5.74) is 1.11. The van der Waals surface area contributed by atoms with Crippen molar-refractivity contribution in [3.63, 3.8) is 0 Å². The third-order valence-electron chi connectivity index (χ3n) is 4.17. The van der Waals surface area contributed by atoms with Crippen molar-refractivity contribution in [2.75, 3.05) is 19.7 Å². The zero-order valence-electron chi connectivity index (χ0n) is 15.1. The normalized spacial score (nSPS) is 16.8. The number of nitrogens with zero attached hydrogens (tertiary/aromatic N) is 1. The number of nitrogens with one attached hydrogen (secondary N) is 2. The first kappa shape index (κ1) is 22.2. The Labute approximate surface area is 168 Å². The Kier molecular flexibility index (Phi) is 11.9. The summed E-state index contributed by atoms with van der Waals surface area (Å²) >= 11 is 0. The number of ether oxygens (including phenoxy) is 1. The highest BCUT2D eigenvalue weighted by atomic mass is 127. The Morgan fingerprint density at radius 1 is 1.24 bits per heavy atom. The molecular weight excluding hydrogens is 429 g/mol. The van der Waals surface area contributed by atoms with Gasteiger partial charge in [-0.05, 0) is 25.3 Å². The van der Waals surface area contributed by atoms with Gasteiger partial charge in [-0.1, -0.05) is 49.6 Å². The lowest BCUT2D eigenvalue weighted by Crippen LogP contribution is -2.44. The number of rotatable bonds is 8. The summed E-state index contributed by atoms with van der Waals surface area (Å²) in [5.74, 6) is 0.798. The minimum Gasteiger partial charge on any atom is -0.389 e. The van der Waals surface area contributed by atoms with Gasteiger partial charge >= 0.3 is 0 Å². The lowest BCUT2D eigenvalue weighted by atomic mass is 9.96. The van der Waals surface area contributed by atoms with Gasteiger partial charge in [-0.25, -0.2) is 0 Å². The molecule has 0 heterocycles. The second-order valence-electron chi connectivity index (χ2n) is 6.35. The minimum absolute atomic E-state index is 0. The first-order valence-corrected chi connectivity index (χ1v) is 9.12. The predicted octanol–water partition coefficient (Wildman–Crippen LogP) is 3.07. The number of aliphatic hydroxyl groups excluding tert-OH is 1. The Hall–Kier alpha value is -0.860. The molecule has 0 amide bonds. The quantitative estimate of drug-likeness (QED) is 0.316. The standard InChI is InChI=1S/C19H31N3O2.HI/c1-2-20-19(22-17-11-7-4-8-12-17)21-13-18(23)15-24-14-16-9-5-3-6-10-16;/h3,5-6,9-10,17-18,23H,2,4,7-8,11-15H2,1H3,(H2,20,21,22);1H. The maximum atomic E-state index is 10.1. The lowest BCUT2D eigenvalue weighted by Gasteiger charge is -2.25. The van der Waals surface area contributed by atoms with Crippen LogP contribution in [0.4, 0.5) is 0 Å². The van der Waals surface area contributed by atoms with Crippen molar-refractivity contribution in [1.29, 1.82) is 0 Å². The fourth-order valence-electron chi connectivity index (χ4n) is 2.90. The van der Waals surface area contributed by atoms with Crippen LogP contribution in [0.2, 0.25) is 0 Å². The van der Waals surface area contributed by atoms with Gasteiger partial charge in [0.25, 0.3) is 0 Å². The number of aliphatic imine (C=N–C) groups is 1. The summed E-state index contributed by atoms with van der Waals surface area (Å²) in [7, 11) is 0. The zero-order valence-corrected chi connectivity index (χ0v) is 17.4. The van der Waals surface area contributed by atoms with Crippen molar-refractivity contribution < 1.29 is 9.84 Å². The molecule has 0 bridgehead atoms. The molecule has 1 saturated carbocycles. The van der Waals surface area contributed by atoms with Crippen LogP contribution in [0.1, 0.15) is 44.6 Å². The molecule has 1 aliphatic rings. The number of halogens is 1. The van der Waals surface area contributed by atoms with Gasteiger partial charge in [0.1, 0.15) is 0 Å². The largest absolute Gasteiger partial charge is 0.389 e. The molecule has 2 rings (SSSR count). The van der Waals surface area contributed by atoms with Gasteiger partial charge in [0.05, 0.1) is 25.9 Å². The second-order valence-corrected chi connectivity index (χ2v) is 6.35. The second kappa shape index (κ2) is 13.4. The average molecular weight is 461 g/mol. The third kappa shape index (κ3) is 9.42. The van der Waals surface area contributed by atoms with E-state index in [0.717, 1.165) is 18.1 Å². The van der Waals surface area contributed by atoms with Crippen LogP contribution in [0.25, 0.3) is 0 Å². The minimum atomic E-state index is -0.587. The van der Waals surface area contributed by atoms with Gasteiger partial charge in [-0.2, -0.15) is 0 Å². The molecular formula is C19H32IN3O2. The van der Waals surface area contributed by atoms with Crippen molar-refractivity contribution in [3.8, 4) is 0 Å². The molecule has 6 heteroatoms. The summed E-state index contributed by atoms with van der Waals surface area (Å²) in [4.78, 5) is 4.50. The van der Waals surface area contributed by atoms with E-state index in [1.165, 1.54) is 32.1 Å². The smallest absolute Gasteiger partial charge is 0.191 e. The summed E-state index contributed by atoms with van der Waals surface area (Å²) in [6.45, 7) is 4.02. The van der Waals surface area contributed by atoms with E-state index in [1.54, 1.807) is 0 Å². The molecule has 0 radical (unpaired) electrons. The molecule has 142 valence electrons. The SMILES string of the molecule is CCNC(=NCC(O)COCc1ccccc1)NC1CCCCC1.I. The van der Waals surface area contributed by atoms with E-state index in [4.69, 9.17) is 4.74 Å². The Balaban J connectivity index is 0.00000312. The third-order valence-corrected chi connectivity index (χ3v) is 4.17. The molecule has 1 unspecified atom stereocenters. The maximum absolute atomic E-state index is 10.1. The van der Waals surface area contributed by atoms with Crippen LogP contribution in [-0.2, 0) is 11.3 Å². The van der Waals surface area contributed by atoms with Gasteiger partial charge in [0.15, 0.2) is 5.96 Å². The molecule has 0 aliphatic heterocycles. The zero-order chi connectivity index (χ0) is 17.0. The van der Waals surface area contributed by atoms with Crippen molar-refractivity contribution in [2.45, 2.75) is 57.8 Å². The molecule has 3 N–H and O–H groups in total. The molecule has 0 spiro atoms. The first-order valence-electron chi connectivity index (χ1n) is 9.12. The van der Waals surface area contributed by atoms with Crippen LogP contribution >= 0.6 is 24.0 Å². The van der Waals surface area contributed by atoms with Crippen molar-refractivity contribution in [2.24, 2.45) is 4.99 Å². The summed E-state index contributed by atoms with van der Waals surface area (Å²) in [6, 6.07) is 10.5. The van der Waals surface area contributed by atoms with E-state index in [1.807, 2.05) is 30.3 Å². The number of aliphatic hydroxyl groups is 1. The predicted molar refractivity (Wildman–Crippen MR) is 114 cm³/mol. The topological polar surface area (TPSA) is 65.9 Å². The maximum Gasteiger partial charge on any atom is 0.191 e. The molecule has 0 aromatic heterocycles. The molecule has 1 aromatic rings. The van der Waals surface area contributed by atoms with Crippen molar-refractivity contribution in [1.82, 2.24) is 10.6 Å². The molecule has 25 heavy (non-hydrogen) atoms. The molecule has 1 atom stereocenters. The number of hydrogen-bond acceptors (Lipinski definition) is 3. The number of hydrogen-bond donors (Lipinski definition) is 3. The Bertz CT molecular complexity index is 479. The monoisotopic (exact) mass is 461 g/mol. The fraction of sp³-hybridized carbons (Fsp3) is 0.632. The molecule has 0 saturated heterocycles. The van der Waals surface area contributed by atoms with Crippen LogP contribution in [0.15, 0.2) is 35.3 Å². The highest BCUT2D eigenvalue weighted by Gasteiger charge is 2.14. The van der Waals surface area contributed by atoms with Crippen LogP contribution in [-0.4, -0.2) is 42.9 Å². The summed E-state index contributed by atoms with van der Waals surface area (Å²) in [5, 5.41) is 16.8. The molecule has 5 nitrogen and oxygen atoms in total. The van der Waals surface area contributed by atoms with Crippen LogP contribution in [0.3, 0.4) is 0 Å². The average Bonchev–Trinajstić information content (AvgIpc) is 2.62. The van der Waals surface area contributed by atoms with E-state index in [0.29, 0.717) is 25.8 Å². The first-order chi connectivity index (χ1) is 11.8. The summed E-state index contributed by atoms with van der Waals surface area (Å²) < 4.78 is 5.56.